The summed E-state index contributed by atoms with van der Waals surface area (Å²) in [5.41, 5.74) is 0.487. The Labute approximate surface area is 115 Å². The van der Waals surface area contributed by atoms with Crippen LogP contribution in [0.1, 0.15) is 23.3 Å². The lowest BCUT2D eigenvalue weighted by Gasteiger charge is -2.44. The van der Waals surface area contributed by atoms with Gasteiger partial charge < -0.3 is 10.2 Å². The van der Waals surface area contributed by atoms with Gasteiger partial charge in [-0.05, 0) is 59.9 Å². The third kappa shape index (κ3) is 2.42. The van der Waals surface area contributed by atoms with Crippen molar-refractivity contribution in [3.63, 3.8) is 0 Å². The number of nitrogens with zero attached hydrogens (tertiary/aromatic N) is 2. The standard InChI is InChI=1S/C13H16BrN3O/c14-12-3-1-2-10(15-12)13(18)16-11-8-17-6-4-9(11)5-7-17/h1-3,9,11H,4-8H2,(H,16,18). The van der Waals surface area contributed by atoms with Crippen LogP contribution in [-0.2, 0) is 0 Å². The monoisotopic (exact) mass is 309 g/mol. The minimum Gasteiger partial charge on any atom is -0.346 e. The van der Waals surface area contributed by atoms with E-state index >= 15 is 0 Å². The first-order chi connectivity index (χ1) is 8.72. The van der Waals surface area contributed by atoms with Crippen molar-refractivity contribution in [3.8, 4) is 0 Å². The number of piperidine rings is 3. The molecule has 0 aromatic carbocycles. The fraction of sp³-hybridized carbons (Fsp3) is 0.538. The molecule has 3 aliphatic heterocycles. The van der Waals surface area contributed by atoms with Gasteiger partial charge in [-0.15, -0.1) is 0 Å². The number of nitrogens with one attached hydrogen (secondary N) is 1. The number of rotatable bonds is 2. The summed E-state index contributed by atoms with van der Waals surface area (Å²) in [7, 11) is 0. The highest BCUT2D eigenvalue weighted by Crippen LogP contribution is 2.27. The Bertz CT molecular complexity index is 457. The second-order valence-electron chi connectivity index (χ2n) is 5.06. The molecule has 3 fully saturated rings. The molecule has 4 heterocycles. The van der Waals surface area contributed by atoms with Gasteiger partial charge in [-0.1, -0.05) is 6.07 Å². The van der Waals surface area contributed by atoms with Crippen LogP contribution in [0.5, 0.6) is 0 Å². The zero-order chi connectivity index (χ0) is 12.5. The molecule has 0 spiro atoms. The van der Waals surface area contributed by atoms with E-state index in [9.17, 15) is 4.79 Å². The minimum atomic E-state index is -0.0601. The average Bonchev–Trinajstić information content (AvgIpc) is 2.40. The maximum absolute atomic E-state index is 12.1. The summed E-state index contributed by atoms with van der Waals surface area (Å²) in [5, 5.41) is 3.13. The van der Waals surface area contributed by atoms with Gasteiger partial charge in [0.1, 0.15) is 10.3 Å². The zero-order valence-corrected chi connectivity index (χ0v) is 11.7. The number of carbonyl (C=O) groups excluding carboxylic acids is 1. The topological polar surface area (TPSA) is 45.2 Å². The Morgan fingerprint density at radius 1 is 1.39 bits per heavy atom. The fourth-order valence-electron chi connectivity index (χ4n) is 2.91. The normalized spacial score (nSPS) is 30.2. The highest BCUT2D eigenvalue weighted by atomic mass is 79.9. The second-order valence-corrected chi connectivity index (χ2v) is 5.88. The molecule has 4 rings (SSSR count). The molecule has 1 atom stereocenters. The number of carbonyl (C=O) groups is 1. The predicted octanol–water partition coefficient (Wildman–Crippen LogP) is 1.67. The van der Waals surface area contributed by atoms with Gasteiger partial charge in [0.05, 0.1) is 0 Å². The third-order valence-electron chi connectivity index (χ3n) is 3.92. The van der Waals surface area contributed by atoms with Crippen molar-refractivity contribution in [2.24, 2.45) is 5.92 Å². The first-order valence-corrected chi connectivity index (χ1v) is 7.17. The van der Waals surface area contributed by atoms with Gasteiger partial charge in [-0.25, -0.2) is 4.98 Å². The van der Waals surface area contributed by atoms with Crippen molar-refractivity contribution in [2.75, 3.05) is 19.6 Å². The van der Waals surface area contributed by atoms with Gasteiger partial charge in [0.15, 0.2) is 0 Å². The van der Waals surface area contributed by atoms with Gasteiger partial charge in [-0.2, -0.15) is 0 Å². The van der Waals surface area contributed by atoms with Crippen LogP contribution in [0.3, 0.4) is 0 Å². The van der Waals surface area contributed by atoms with Crippen LogP contribution in [-0.4, -0.2) is 41.5 Å². The van der Waals surface area contributed by atoms with Crippen molar-refractivity contribution < 1.29 is 4.79 Å². The van der Waals surface area contributed by atoms with Gasteiger partial charge in [0.2, 0.25) is 0 Å². The predicted molar refractivity (Wildman–Crippen MR) is 72.4 cm³/mol. The molecule has 2 bridgehead atoms. The molecule has 3 aliphatic rings. The quantitative estimate of drug-likeness (QED) is 0.845. The van der Waals surface area contributed by atoms with Crippen LogP contribution >= 0.6 is 15.9 Å². The molecule has 1 unspecified atom stereocenters. The molecular formula is C13H16BrN3O. The van der Waals surface area contributed by atoms with E-state index in [0.717, 1.165) is 6.54 Å². The number of aromatic nitrogens is 1. The summed E-state index contributed by atoms with van der Waals surface area (Å²) in [6, 6.07) is 5.70. The number of hydrogen-bond donors (Lipinski definition) is 1. The smallest absolute Gasteiger partial charge is 0.270 e. The second kappa shape index (κ2) is 4.97. The molecule has 1 aromatic heterocycles. The van der Waals surface area contributed by atoms with Crippen molar-refractivity contribution in [3.05, 3.63) is 28.5 Å². The molecule has 0 aliphatic carbocycles. The molecular weight excluding hydrogens is 294 g/mol. The first kappa shape index (κ1) is 12.1. The maximum Gasteiger partial charge on any atom is 0.270 e. The van der Waals surface area contributed by atoms with Crippen LogP contribution < -0.4 is 5.32 Å². The Kier molecular flexibility index (Phi) is 3.35. The maximum atomic E-state index is 12.1. The lowest BCUT2D eigenvalue weighted by atomic mass is 9.84. The minimum absolute atomic E-state index is 0.0601. The highest BCUT2D eigenvalue weighted by Gasteiger charge is 2.35. The summed E-state index contributed by atoms with van der Waals surface area (Å²) in [6.45, 7) is 3.36. The van der Waals surface area contributed by atoms with Gasteiger partial charge in [0, 0.05) is 12.6 Å². The van der Waals surface area contributed by atoms with Crippen LogP contribution in [0.15, 0.2) is 22.8 Å². The summed E-state index contributed by atoms with van der Waals surface area (Å²) in [4.78, 5) is 18.8. The Hall–Kier alpha value is -0.940. The van der Waals surface area contributed by atoms with Gasteiger partial charge in [-0.3, -0.25) is 4.79 Å². The first-order valence-electron chi connectivity index (χ1n) is 6.38. The zero-order valence-electron chi connectivity index (χ0n) is 10.1. The molecule has 5 heteroatoms. The molecule has 1 N–H and O–H groups in total. The van der Waals surface area contributed by atoms with E-state index < -0.39 is 0 Å². The van der Waals surface area contributed by atoms with E-state index in [0.29, 0.717) is 22.3 Å². The highest BCUT2D eigenvalue weighted by molar-refractivity contribution is 9.10. The van der Waals surface area contributed by atoms with Crippen LogP contribution in [0.4, 0.5) is 0 Å². The van der Waals surface area contributed by atoms with E-state index in [2.05, 4.69) is 31.1 Å². The number of pyridine rings is 1. The van der Waals surface area contributed by atoms with E-state index in [1.54, 1.807) is 6.07 Å². The van der Waals surface area contributed by atoms with Crippen molar-refractivity contribution >= 4 is 21.8 Å². The SMILES string of the molecule is O=C(NC1CN2CCC1CC2)c1cccc(Br)n1. The van der Waals surface area contributed by atoms with Gasteiger partial charge in [0.25, 0.3) is 5.91 Å². The molecule has 96 valence electrons. The third-order valence-corrected chi connectivity index (χ3v) is 4.36. The molecule has 1 amide bonds. The molecule has 1 aromatic rings. The largest absolute Gasteiger partial charge is 0.346 e. The summed E-state index contributed by atoms with van der Waals surface area (Å²) >= 11 is 3.29. The van der Waals surface area contributed by atoms with Crippen molar-refractivity contribution in [1.82, 2.24) is 15.2 Å². The average molecular weight is 310 g/mol. The number of halogens is 1. The lowest BCUT2D eigenvalue weighted by molar-refractivity contribution is 0.0617. The number of hydrogen-bond acceptors (Lipinski definition) is 3. The lowest BCUT2D eigenvalue weighted by Crippen LogP contribution is -2.57. The van der Waals surface area contributed by atoms with E-state index in [4.69, 9.17) is 0 Å². The Morgan fingerprint density at radius 2 is 2.17 bits per heavy atom. The number of fused-ring (bicyclic) bond motifs is 3. The summed E-state index contributed by atoms with van der Waals surface area (Å²) in [6.07, 6.45) is 2.41. The van der Waals surface area contributed by atoms with Crippen molar-refractivity contribution in [2.45, 2.75) is 18.9 Å². The van der Waals surface area contributed by atoms with Crippen LogP contribution in [0, 0.1) is 5.92 Å². The van der Waals surface area contributed by atoms with Crippen LogP contribution in [0.2, 0.25) is 0 Å². The van der Waals surface area contributed by atoms with E-state index in [-0.39, 0.29) is 5.91 Å². The fourth-order valence-corrected chi connectivity index (χ4v) is 3.25. The number of amides is 1. The summed E-state index contributed by atoms with van der Waals surface area (Å²) < 4.78 is 0.698. The Morgan fingerprint density at radius 3 is 2.78 bits per heavy atom. The molecule has 0 radical (unpaired) electrons. The molecule has 4 nitrogen and oxygen atoms in total. The summed E-state index contributed by atoms with van der Waals surface area (Å²) in [5.74, 6) is 0.584. The Balaban J connectivity index is 1.68. The molecule has 0 saturated carbocycles. The molecule has 3 saturated heterocycles. The van der Waals surface area contributed by atoms with E-state index in [1.165, 1.54) is 25.9 Å². The van der Waals surface area contributed by atoms with Crippen LogP contribution in [0.25, 0.3) is 0 Å². The van der Waals surface area contributed by atoms with Gasteiger partial charge >= 0.3 is 0 Å². The van der Waals surface area contributed by atoms with E-state index in [1.807, 2.05) is 12.1 Å². The van der Waals surface area contributed by atoms with Crippen molar-refractivity contribution in [1.29, 1.82) is 0 Å². The molecule has 18 heavy (non-hydrogen) atoms.